The van der Waals surface area contributed by atoms with Crippen LogP contribution in [0.5, 0.6) is 0 Å². The van der Waals surface area contributed by atoms with Gasteiger partial charge in [0.1, 0.15) is 0 Å². The lowest BCUT2D eigenvalue weighted by Gasteiger charge is -2.14. The molecule has 1 aliphatic carbocycles. The molecule has 1 aromatic rings. The molecule has 0 bridgehead atoms. The van der Waals surface area contributed by atoms with E-state index in [0.717, 1.165) is 12.1 Å². The van der Waals surface area contributed by atoms with Crippen molar-refractivity contribution in [1.82, 2.24) is 4.90 Å². The fourth-order valence-electron chi connectivity index (χ4n) is 2.29. The molecular weight excluding hydrogens is 236 g/mol. The van der Waals surface area contributed by atoms with Crippen LogP contribution in [0.15, 0.2) is 12.1 Å². The Bertz CT molecular complexity index is 543. The third kappa shape index (κ3) is 1.79. The molecule has 3 rings (SSSR count). The molecule has 0 aromatic heterocycles. The Balaban J connectivity index is 1.95. The van der Waals surface area contributed by atoms with Gasteiger partial charge in [-0.15, -0.1) is 0 Å². The summed E-state index contributed by atoms with van der Waals surface area (Å²) in [7, 11) is 0. The summed E-state index contributed by atoms with van der Waals surface area (Å²) >= 11 is 6.07. The first-order valence-corrected chi connectivity index (χ1v) is 6.08. The number of rotatable bonds is 2. The molecule has 3 nitrogen and oxygen atoms in total. The maximum atomic E-state index is 12.1. The summed E-state index contributed by atoms with van der Waals surface area (Å²) in [6.45, 7) is 1.42. The van der Waals surface area contributed by atoms with Crippen LogP contribution in [0, 0.1) is 17.2 Å². The van der Waals surface area contributed by atoms with Gasteiger partial charge in [0.25, 0.3) is 5.91 Å². The lowest BCUT2D eigenvalue weighted by Crippen LogP contribution is -2.26. The van der Waals surface area contributed by atoms with E-state index in [1.54, 1.807) is 12.1 Å². The minimum atomic E-state index is 0.0152. The molecule has 0 spiro atoms. The number of carbonyl (C=O) groups excluding carboxylic acids is 1. The summed E-state index contributed by atoms with van der Waals surface area (Å²) in [6.07, 6.45) is 2.44. The van der Waals surface area contributed by atoms with Gasteiger partial charge in [-0.25, -0.2) is 0 Å². The minimum Gasteiger partial charge on any atom is -0.334 e. The highest BCUT2D eigenvalue weighted by atomic mass is 35.5. The average Bonchev–Trinajstić information content (AvgIpc) is 3.05. The van der Waals surface area contributed by atoms with Crippen molar-refractivity contribution in [3.63, 3.8) is 0 Å². The van der Waals surface area contributed by atoms with E-state index in [-0.39, 0.29) is 5.91 Å². The quantitative estimate of drug-likeness (QED) is 0.805. The molecule has 0 N–H and O–H groups in total. The number of benzene rings is 1. The smallest absolute Gasteiger partial charge is 0.256 e. The zero-order valence-corrected chi connectivity index (χ0v) is 10.00. The summed E-state index contributed by atoms with van der Waals surface area (Å²) in [5.41, 5.74) is 2.00. The number of fused-ring (bicyclic) bond motifs is 1. The minimum absolute atomic E-state index is 0.0152. The second-order valence-corrected chi connectivity index (χ2v) is 5.14. The van der Waals surface area contributed by atoms with Crippen molar-refractivity contribution in [2.75, 3.05) is 6.54 Å². The van der Waals surface area contributed by atoms with Crippen LogP contribution in [-0.2, 0) is 6.54 Å². The van der Waals surface area contributed by atoms with Crippen molar-refractivity contribution >= 4 is 17.5 Å². The molecule has 17 heavy (non-hydrogen) atoms. The molecule has 86 valence electrons. The molecular formula is C13H11ClN2O. The van der Waals surface area contributed by atoms with Gasteiger partial charge >= 0.3 is 0 Å². The molecule has 1 amide bonds. The third-order valence-electron chi connectivity index (χ3n) is 3.34. The predicted octanol–water partition coefficient (Wildman–Crippen LogP) is 2.58. The van der Waals surface area contributed by atoms with Crippen LogP contribution in [-0.4, -0.2) is 17.4 Å². The Morgan fingerprint density at radius 1 is 1.47 bits per heavy atom. The summed E-state index contributed by atoms with van der Waals surface area (Å²) in [5, 5.41) is 9.28. The van der Waals surface area contributed by atoms with Crippen molar-refractivity contribution in [1.29, 1.82) is 5.26 Å². The van der Waals surface area contributed by atoms with E-state index in [1.807, 2.05) is 4.90 Å². The van der Waals surface area contributed by atoms with E-state index in [0.29, 0.717) is 28.6 Å². The van der Waals surface area contributed by atoms with Crippen LogP contribution in [0.1, 0.15) is 34.3 Å². The zero-order chi connectivity index (χ0) is 12.0. The van der Waals surface area contributed by atoms with E-state index in [4.69, 9.17) is 16.9 Å². The van der Waals surface area contributed by atoms with E-state index < -0.39 is 0 Å². The SMILES string of the molecule is N#Cc1cc(Cl)c2c(c1)CN(CC1CC1)C2=O. The lowest BCUT2D eigenvalue weighted by atomic mass is 10.1. The molecule has 1 aliphatic heterocycles. The van der Waals surface area contributed by atoms with Gasteiger partial charge in [-0.1, -0.05) is 11.6 Å². The lowest BCUT2D eigenvalue weighted by molar-refractivity contribution is 0.0771. The molecule has 1 saturated carbocycles. The van der Waals surface area contributed by atoms with Crippen LogP contribution in [0.3, 0.4) is 0 Å². The van der Waals surface area contributed by atoms with Crippen molar-refractivity contribution in [2.45, 2.75) is 19.4 Å². The number of halogens is 1. The van der Waals surface area contributed by atoms with Gasteiger partial charge in [0.15, 0.2) is 0 Å². The van der Waals surface area contributed by atoms with E-state index in [9.17, 15) is 4.79 Å². The third-order valence-corrected chi connectivity index (χ3v) is 3.64. The van der Waals surface area contributed by atoms with Crippen molar-refractivity contribution in [3.8, 4) is 6.07 Å². The molecule has 0 radical (unpaired) electrons. The standard InChI is InChI=1S/C13H11ClN2O/c14-11-4-9(5-15)3-10-7-16(6-8-1-2-8)13(17)12(10)11/h3-4,8H,1-2,6-7H2. The van der Waals surface area contributed by atoms with Crippen LogP contribution >= 0.6 is 11.6 Å². The molecule has 0 saturated heterocycles. The van der Waals surface area contributed by atoms with Crippen molar-refractivity contribution < 1.29 is 4.79 Å². The number of hydrogen-bond acceptors (Lipinski definition) is 2. The van der Waals surface area contributed by atoms with E-state index in [2.05, 4.69) is 6.07 Å². The molecule has 4 heteroatoms. The van der Waals surface area contributed by atoms with Gasteiger partial charge in [0, 0.05) is 13.1 Å². The Morgan fingerprint density at radius 2 is 2.24 bits per heavy atom. The van der Waals surface area contributed by atoms with Crippen LogP contribution in [0.4, 0.5) is 0 Å². The van der Waals surface area contributed by atoms with Gasteiger partial charge in [0.05, 0.1) is 22.2 Å². The number of amides is 1. The highest BCUT2D eigenvalue weighted by Gasteiger charge is 2.34. The maximum Gasteiger partial charge on any atom is 0.256 e. The van der Waals surface area contributed by atoms with Crippen molar-refractivity contribution in [3.05, 3.63) is 33.8 Å². The average molecular weight is 247 g/mol. The normalized spacial score (nSPS) is 18.1. The Labute approximate surface area is 105 Å². The highest BCUT2D eigenvalue weighted by Crippen LogP contribution is 2.35. The monoisotopic (exact) mass is 246 g/mol. The van der Waals surface area contributed by atoms with Gasteiger partial charge < -0.3 is 4.90 Å². The van der Waals surface area contributed by atoms with Gasteiger partial charge in [-0.3, -0.25) is 4.79 Å². The number of carbonyl (C=O) groups is 1. The van der Waals surface area contributed by atoms with Gasteiger partial charge in [0.2, 0.25) is 0 Å². The summed E-state index contributed by atoms with van der Waals surface area (Å²) < 4.78 is 0. The van der Waals surface area contributed by atoms with E-state index in [1.165, 1.54) is 12.8 Å². The number of nitrogens with zero attached hydrogens (tertiary/aromatic N) is 2. The molecule has 1 fully saturated rings. The summed E-state index contributed by atoms with van der Waals surface area (Å²) in [4.78, 5) is 14.0. The largest absolute Gasteiger partial charge is 0.334 e. The zero-order valence-electron chi connectivity index (χ0n) is 9.24. The fourth-order valence-corrected chi connectivity index (χ4v) is 2.61. The molecule has 2 aliphatic rings. The Hall–Kier alpha value is -1.53. The van der Waals surface area contributed by atoms with Crippen molar-refractivity contribution in [2.24, 2.45) is 5.92 Å². The summed E-state index contributed by atoms with van der Waals surface area (Å²) in [5.74, 6) is 0.684. The maximum absolute atomic E-state index is 12.1. The fraction of sp³-hybridized carbons (Fsp3) is 0.385. The number of hydrogen-bond donors (Lipinski definition) is 0. The summed E-state index contributed by atoms with van der Waals surface area (Å²) in [6, 6.07) is 5.40. The number of nitriles is 1. The molecule has 1 heterocycles. The molecule has 1 aromatic carbocycles. The second-order valence-electron chi connectivity index (χ2n) is 4.73. The highest BCUT2D eigenvalue weighted by molar-refractivity contribution is 6.34. The molecule has 0 unspecified atom stereocenters. The first-order valence-electron chi connectivity index (χ1n) is 5.71. The Kier molecular flexibility index (Phi) is 2.34. The Morgan fingerprint density at radius 3 is 2.88 bits per heavy atom. The molecule has 0 atom stereocenters. The second kappa shape index (κ2) is 3.75. The van der Waals surface area contributed by atoms with Gasteiger partial charge in [-0.2, -0.15) is 5.26 Å². The van der Waals surface area contributed by atoms with E-state index >= 15 is 0 Å². The van der Waals surface area contributed by atoms with Gasteiger partial charge in [-0.05, 0) is 36.5 Å². The van der Waals surface area contributed by atoms with Crippen LogP contribution in [0.25, 0.3) is 0 Å². The van der Waals surface area contributed by atoms with Crippen LogP contribution in [0.2, 0.25) is 5.02 Å². The first kappa shape index (κ1) is 10.6. The topological polar surface area (TPSA) is 44.1 Å². The van der Waals surface area contributed by atoms with Crippen LogP contribution < -0.4 is 0 Å². The predicted molar refractivity (Wildman–Crippen MR) is 63.6 cm³/mol. The first-order chi connectivity index (χ1) is 8.19.